The number of carbonyl (C=O) groups excluding carboxylic acids is 3. The number of carbonyl (C=O) groups is 3. The second-order valence-corrected chi connectivity index (χ2v) is 7.85. The summed E-state index contributed by atoms with van der Waals surface area (Å²) < 4.78 is 0. The van der Waals surface area contributed by atoms with Gasteiger partial charge in [0.1, 0.15) is 0 Å². The summed E-state index contributed by atoms with van der Waals surface area (Å²) in [4.78, 5) is 41.7. The third-order valence-corrected chi connectivity index (χ3v) is 6.12. The number of hydrogen-bond acceptors (Lipinski definition) is 3. The van der Waals surface area contributed by atoms with Gasteiger partial charge in [-0.15, -0.1) is 0 Å². The largest absolute Gasteiger partial charge is 0.339 e. The zero-order valence-corrected chi connectivity index (χ0v) is 15.9. The Morgan fingerprint density at radius 1 is 0.963 bits per heavy atom. The summed E-state index contributed by atoms with van der Waals surface area (Å²) in [5.41, 5.74) is 1.18. The third-order valence-electron chi connectivity index (χ3n) is 6.12. The van der Waals surface area contributed by atoms with Crippen molar-refractivity contribution < 1.29 is 14.4 Å². The smallest absolute Gasteiger partial charge is 0.253 e. The van der Waals surface area contributed by atoms with E-state index in [0.29, 0.717) is 11.3 Å². The van der Waals surface area contributed by atoms with Crippen molar-refractivity contribution in [1.82, 2.24) is 4.90 Å². The molecular formula is C22H26N2O3. The molecule has 2 fully saturated rings. The van der Waals surface area contributed by atoms with E-state index in [9.17, 15) is 14.4 Å². The summed E-state index contributed by atoms with van der Waals surface area (Å²) in [6.45, 7) is 5.58. The Hall–Kier alpha value is -2.43. The lowest BCUT2D eigenvalue weighted by Crippen LogP contribution is -2.33. The van der Waals surface area contributed by atoms with Gasteiger partial charge >= 0.3 is 0 Å². The topological polar surface area (TPSA) is 57.7 Å². The monoisotopic (exact) mass is 366 g/mol. The maximum atomic E-state index is 12.9. The van der Waals surface area contributed by atoms with Crippen molar-refractivity contribution in [2.75, 3.05) is 18.0 Å². The van der Waals surface area contributed by atoms with Crippen molar-refractivity contribution in [2.45, 2.75) is 33.1 Å². The number of nitrogens with zero attached hydrogens (tertiary/aromatic N) is 2. The van der Waals surface area contributed by atoms with Crippen LogP contribution in [0.3, 0.4) is 0 Å². The maximum absolute atomic E-state index is 12.9. The van der Waals surface area contributed by atoms with Crippen LogP contribution in [0.5, 0.6) is 0 Å². The van der Waals surface area contributed by atoms with Gasteiger partial charge in [0, 0.05) is 18.7 Å². The van der Waals surface area contributed by atoms with E-state index < -0.39 is 0 Å². The molecule has 0 N–H and O–H groups in total. The summed E-state index contributed by atoms with van der Waals surface area (Å²) in [5.74, 6) is -0.141. The van der Waals surface area contributed by atoms with Crippen LogP contribution in [0, 0.1) is 23.7 Å². The lowest BCUT2D eigenvalue weighted by molar-refractivity contribution is -0.123. The van der Waals surface area contributed by atoms with Gasteiger partial charge < -0.3 is 4.90 Å². The van der Waals surface area contributed by atoms with Crippen LogP contribution in [-0.2, 0) is 9.59 Å². The first-order valence-corrected chi connectivity index (χ1v) is 10.0. The van der Waals surface area contributed by atoms with E-state index >= 15 is 0 Å². The second-order valence-electron chi connectivity index (χ2n) is 7.85. The normalized spacial score (nSPS) is 28.1. The van der Waals surface area contributed by atoms with Crippen molar-refractivity contribution in [1.29, 1.82) is 0 Å². The Bertz CT molecular complexity index is 762. The fourth-order valence-electron chi connectivity index (χ4n) is 4.95. The number of imide groups is 1. The Morgan fingerprint density at radius 3 is 1.96 bits per heavy atom. The number of hydrogen-bond donors (Lipinski definition) is 0. The fourth-order valence-corrected chi connectivity index (χ4v) is 4.95. The number of anilines is 1. The molecule has 1 saturated heterocycles. The minimum Gasteiger partial charge on any atom is -0.339 e. The van der Waals surface area contributed by atoms with Gasteiger partial charge in [-0.05, 0) is 55.4 Å². The molecule has 5 heteroatoms. The lowest BCUT2D eigenvalue weighted by atomic mass is 9.85. The van der Waals surface area contributed by atoms with Gasteiger partial charge in [-0.25, -0.2) is 0 Å². The van der Waals surface area contributed by atoms with E-state index in [0.717, 1.165) is 32.4 Å². The molecule has 4 rings (SSSR count). The summed E-state index contributed by atoms with van der Waals surface area (Å²) in [6, 6.07) is 6.93. The van der Waals surface area contributed by atoms with Crippen LogP contribution in [0.1, 0.15) is 43.5 Å². The number of allylic oxidation sites excluding steroid dienone is 2. The van der Waals surface area contributed by atoms with Gasteiger partial charge in [0.15, 0.2) is 0 Å². The second kappa shape index (κ2) is 6.95. The molecule has 3 aliphatic rings. The van der Waals surface area contributed by atoms with Crippen LogP contribution in [0.4, 0.5) is 5.69 Å². The molecule has 1 aromatic rings. The molecule has 142 valence electrons. The molecule has 1 heterocycles. The molecule has 2 bridgehead atoms. The maximum Gasteiger partial charge on any atom is 0.253 e. The average molecular weight is 366 g/mol. The van der Waals surface area contributed by atoms with Gasteiger partial charge in [-0.2, -0.15) is 0 Å². The molecule has 1 aliphatic heterocycles. The molecule has 4 atom stereocenters. The van der Waals surface area contributed by atoms with Crippen LogP contribution in [0.2, 0.25) is 0 Å². The molecule has 1 saturated carbocycles. The predicted molar refractivity (Wildman–Crippen MR) is 103 cm³/mol. The van der Waals surface area contributed by atoms with E-state index in [4.69, 9.17) is 0 Å². The minimum atomic E-state index is -0.196. The highest BCUT2D eigenvalue weighted by Gasteiger charge is 2.59. The first kappa shape index (κ1) is 18.0. The fraction of sp³-hybridized carbons (Fsp3) is 0.500. The Morgan fingerprint density at radius 2 is 1.48 bits per heavy atom. The van der Waals surface area contributed by atoms with E-state index in [1.165, 1.54) is 4.90 Å². The molecule has 0 spiro atoms. The molecule has 2 aliphatic carbocycles. The van der Waals surface area contributed by atoms with Crippen molar-refractivity contribution in [3.05, 3.63) is 42.0 Å². The zero-order valence-electron chi connectivity index (χ0n) is 15.9. The molecule has 1 aromatic carbocycles. The van der Waals surface area contributed by atoms with E-state index in [-0.39, 0.29) is 41.4 Å². The number of rotatable bonds is 6. The highest BCUT2D eigenvalue weighted by molar-refractivity contribution is 6.22. The minimum absolute atomic E-state index is 0.00318. The van der Waals surface area contributed by atoms with Crippen molar-refractivity contribution in [3.63, 3.8) is 0 Å². The van der Waals surface area contributed by atoms with Gasteiger partial charge in [-0.1, -0.05) is 26.0 Å². The summed E-state index contributed by atoms with van der Waals surface area (Å²) in [7, 11) is 0. The lowest BCUT2D eigenvalue weighted by Gasteiger charge is -2.22. The SMILES string of the molecule is CCCN(CCC)C(=O)c1ccc(N2C(=O)C3C(C2=O)[C@H]2C=C[C@@H]3C2)cc1. The quantitative estimate of drug-likeness (QED) is 0.574. The van der Waals surface area contributed by atoms with Crippen LogP contribution in [0.25, 0.3) is 0 Å². The van der Waals surface area contributed by atoms with Crippen molar-refractivity contribution in [3.8, 4) is 0 Å². The molecular weight excluding hydrogens is 340 g/mol. The molecule has 2 unspecified atom stereocenters. The zero-order chi connectivity index (χ0) is 19.1. The van der Waals surface area contributed by atoms with Crippen LogP contribution < -0.4 is 4.90 Å². The molecule has 0 radical (unpaired) electrons. The van der Waals surface area contributed by atoms with E-state index in [1.54, 1.807) is 24.3 Å². The molecule has 27 heavy (non-hydrogen) atoms. The summed E-state index contributed by atoms with van der Waals surface area (Å²) in [5, 5.41) is 0. The number of amides is 3. The number of fused-ring (bicyclic) bond motifs is 5. The Kier molecular flexibility index (Phi) is 4.62. The van der Waals surface area contributed by atoms with E-state index in [1.807, 2.05) is 4.90 Å². The molecule has 5 nitrogen and oxygen atoms in total. The van der Waals surface area contributed by atoms with Gasteiger partial charge in [0.05, 0.1) is 17.5 Å². The van der Waals surface area contributed by atoms with Crippen molar-refractivity contribution >= 4 is 23.4 Å². The third kappa shape index (κ3) is 2.80. The first-order valence-electron chi connectivity index (χ1n) is 10.0. The van der Waals surface area contributed by atoms with Crippen LogP contribution in [-0.4, -0.2) is 35.7 Å². The van der Waals surface area contributed by atoms with Gasteiger partial charge in [0.25, 0.3) is 5.91 Å². The summed E-state index contributed by atoms with van der Waals surface area (Å²) >= 11 is 0. The standard InChI is InChI=1S/C22H26N2O3/c1-3-11-23(12-4-2)20(25)14-7-9-17(10-8-14)24-21(26)18-15-5-6-16(13-15)19(18)22(24)27/h5-10,15-16,18-19H,3-4,11-13H2,1-2H3/t15-,16+,18?,19?. The average Bonchev–Trinajstić information content (AvgIpc) is 3.35. The van der Waals surface area contributed by atoms with Crippen LogP contribution >= 0.6 is 0 Å². The van der Waals surface area contributed by atoms with E-state index in [2.05, 4.69) is 26.0 Å². The molecule has 3 amide bonds. The van der Waals surface area contributed by atoms with Gasteiger partial charge in [0.2, 0.25) is 11.8 Å². The predicted octanol–water partition coefficient (Wildman–Crippen LogP) is 3.26. The highest BCUT2D eigenvalue weighted by atomic mass is 16.2. The highest BCUT2D eigenvalue weighted by Crippen LogP contribution is 2.53. The van der Waals surface area contributed by atoms with Gasteiger partial charge in [-0.3, -0.25) is 19.3 Å². The van der Waals surface area contributed by atoms with Crippen LogP contribution in [0.15, 0.2) is 36.4 Å². The molecule has 0 aromatic heterocycles. The first-order chi connectivity index (χ1) is 13.1. The summed E-state index contributed by atoms with van der Waals surface area (Å²) in [6.07, 6.45) is 6.95. The Balaban J connectivity index is 1.54. The Labute approximate surface area is 160 Å². The van der Waals surface area contributed by atoms with Crippen molar-refractivity contribution in [2.24, 2.45) is 23.7 Å². The number of benzene rings is 1.